The summed E-state index contributed by atoms with van der Waals surface area (Å²) in [6.07, 6.45) is 1.58. The molecule has 3 aliphatic heterocycles. The number of rotatable bonds is 3. The molecule has 1 fully saturated rings. The largest absolute Gasteiger partial charge is 0.454 e. The summed E-state index contributed by atoms with van der Waals surface area (Å²) >= 11 is 1.87. The Hall–Kier alpha value is -2.05. The smallest absolute Gasteiger partial charge is 0.231 e. The fraction of sp³-hybridized carbons (Fsp3) is 0.421. The van der Waals surface area contributed by atoms with E-state index in [4.69, 9.17) is 9.47 Å². The molecular weight excluding hydrogens is 336 g/mol. The van der Waals surface area contributed by atoms with Gasteiger partial charge in [0.25, 0.3) is 0 Å². The van der Waals surface area contributed by atoms with Gasteiger partial charge in [0.2, 0.25) is 12.7 Å². The van der Waals surface area contributed by atoms with Crippen LogP contribution in [-0.2, 0) is 24.2 Å². The lowest BCUT2D eigenvalue weighted by Crippen LogP contribution is -2.61. The Morgan fingerprint density at radius 3 is 3.00 bits per heavy atom. The van der Waals surface area contributed by atoms with E-state index in [1.807, 2.05) is 34.4 Å². The minimum absolute atomic E-state index is 0.198. The SMILES string of the molecule is O=C(Cc1ccc2c(c1)OCO2)N1CC(N2CCc3sccc3C2)C1. The quantitative estimate of drug-likeness (QED) is 0.846. The number of ether oxygens (including phenoxy) is 2. The molecule has 0 aliphatic carbocycles. The number of carbonyl (C=O) groups is 1. The lowest BCUT2D eigenvalue weighted by Gasteiger charge is -2.46. The van der Waals surface area contributed by atoms with Crippen molar-refractivity contribution in [1.82, 2.24) is 9.80 Å². The monoisotopic (exact) mass is 356 g/mol. The van der Waals surface area contributed by atoms with Gasteiger partial charge < -0.3 is 14.4 Å². The number of amides is 1. The normalized spacial score (nSPS) is 19.6. The van der Waals surface area contributed by atoms with Crippen molar-refractivity contribution in [2.75, 3.05) is 26.4 Å². The Morgan fingerprint density at radius 2 is 2.08 bits per heavy atom. The van der Waals surface area contributed by atoms with Crippen molar-refractivity contribution in [3.05, 3.63) is 45.6 Å². The van der Waals surface area contributed by atoms with Crippen LogP contribution in [0, 0.1) is 0 Å². The molecule has 0 saturated carbocycles. The van der Waals surface area contributed by atoms with E-state index in [1.165, 1.54) is 10.4 Å². The molecule has 1 amide bonds. The number of benzene rings is 1. The number of carbonyl (C=O) groups excluding carboxylic acids is 1. The molecule has 0 N–H and O–H groups in total. The molecule has 3 aliphatic rings. The fourth-order valence-electron chi connectivity index (χ4n) is 3.81. The Labute approximate surface area is 150 Å². The highest BCUT2D eigenvalue weighted by molar-refractivity contribution is 7.10. The molecule has 1 aromatic carbocycles. The van der Waals surface area contributed by atoms with E-state index < -0.39 is 0 Å². The predicted octanol–water partition coefficient (Wildman–Crippen LogP) is 2.29. The first-order chi connectivity index (χ1) is 12.3. The zero-order chi connectivity index (χ0) is 16.8. The first-order valence-electron chi connectivity index (χ1n) is 8.72. The third-order valence-electron chi connectivity index (χ3n) is 5.36. The van der Waals surface area contributed by atoms with Gasteiger partial charge in [-0.25, -0.2) is 0 Å². The van der Waals surface area contributed by atoms with Crippen LogP contribution in [0.4, 0.5) is 0 Å². The lowest BCUT2D eigenvalue weighted by molar-refractivity contribution is -0.138. The molecule has 0 spiro atoms. The van der Waals surface area contributed by atoms with Crippen molar-refractivity contribution in [1.29, 1.82) is 0 Å². The van der Waals surface area contributed by atoms with Crippen molar-refractivity contribution in [2.45, 2.75) is 25.4 Å². The zero-order valence-electron chi connectivity index (χ0n) is 13.9. The second-order valence-electron chi connectivity index (χ2n) is 6.91. The molecular formula is C19H20N2O3S. The highest BCUT2D eigenvalue weighted by Gasteiger charge is 2.36. The van der Waals surface area contributed by atoms with E-state index in [9.17, 15) is 4.79 Å². The van der Waals surface area contributed by atoms with Crippen molar-refractivity contribution in [3.63, 3.8) is 0 Å². The van der Waals surface area contributed by atoms with E-state index >= 15 is 0 Å². The van der Waals surface area contributed by atoms with E-state index in [-0.39, 0.29) is 12.7 Å². The maximum Gasteiger partial charge on any atom is 0.231 e. The number of nitrogens with zero attached hydrogens (tertiary/aromatic N) is 2. The summed E-state index contributed by atoms with van der Waals surface area (Å²) in [5.41, 5.74) is 2.46. The van der Waals surface area contributed by atoms with Gasteiger partial charge in [-0.15, -0.1) is 11.3 Å². The second-order valence-corrected chi connectivity index (χ2v) is 7.91. The molecule has 5 nitrogen and oxygen atoms in total. The Morgan fingerprint density at radius 1 is 1.20 bits per heavy atom. The van der Waals surface area contributed by atoms with Gasteiger partial charge >= 0.3 is 0 Å². The molecule has 2 aromatic rings. The van der Waals surface area contributed by atoms with E-state index in [0.717, 1.165) is 49.7 Å². The van der Waals surface area contributed by atoms with Gasteiger partial charge in [-0.2, -0.15) is 0 Å². The highest BCUT2D eigenvalue weighted by Crippen LogP contribution is 2.33. The summed E-state index contributed by atoms with van der Waals surface area (Å²) in [5, 5.41) is 2.19. The summed E-state index contributed by atoms with van der Waals surface area (Å²) in [5.74, 6) is 1.70. The van der Waals surface area contributed by atoms with Crippen LogP contribution in [-0.4, -0.2) is 48.2 Å². The number of hydrogen-bond donors (Lipinski definition) is 0. The van der Waals surface area contributed by atoms with Crippen LogP contribution in [0.3, 0.4) is 0 Å². The predicted molar refractivity (Wildman–Crippen MR) is 95.1 cm³/mol. The molecule has 0 atom stereocenters. The molecule has 1 saturated heterocycles. The van der Waals surface area contributed by atoms with Crippen LogP contribution in [0.25, 0.3) is 0 Å². The average Bonchev–Trinajstić information content (AvgIpc) is 3.21. The van der Waals surface area contributed by atoms with Gasteiger partial charge in [-0.3, -0.25) is 9.69 Å². The van der Waals surface area contributed by atoms with Gasteiger partial charge in [-0.1, -0.05) is 6.07 Å². The first kappa shape index (κ1) is 15.2. The second kappa shape index (κ2) is 6.04. The third kappa shape index (κ3) is 2.79. The third-order valence-corrected chi connectivity index (χ3v) is 6.38. The minimum atomic E-state index is 0.198. The summed E-state index contributed by atoms with van der Waals surface area (Å²) in [6.45, 7) is 4.12. The van der Waals surface area contributed by atoms with Crippen LogP contribution in [0.1, 0.15) is 16.0 Å². The maximum atomic E-state index is 12.5. The fourth-order valence-corrected chi connectivity index (χ4v) is 4.70. The molecule has 1 aromatic heterocycles. The highest BCUT2D eigenvalue weighted by atomic mass is 32.1. The topological polar surface area (TPSA) is 42.0 Å². The van der Waals surface area contributed by atoms with Gasteiger partial charge in [0.05, 0.1) is 6.42 Å². The van der Waals surface area contributed by atoms with Gasteiger partial charge in [-0.05, 0) is 41.1 Å². The van der Waals surface area contributed by atoms with E-state index in [1.54, 1.807) is 0 Å². The van der Waals surface area contributed by atoms with Crippen molar-refractivity contribution < 1.29 is 14.3 Å². The van der Waals surface area contributed by atoms with Crippen LogP contribution in [0.15, 0.2) is 29.6 Å². The molecule has 25 heavy (non-hydrogen) atoms. The van der Waals surface area contributed by atoms with Crippen LogP contribution < -0.4 is 9.47 Å². The average molecular weight is 356 g/mol. The number of hydrogen-bond acceptors (Lipinski definition) is 5. The van der Waals surface area contributed by atoms with Gasteiger partial charge in [0.1, 0.15) is 0 Å². The Balaban J connectivity index is 1.16. The lowest BCUT2D eigenvalue weighted by atomic mass is 10.0. The van der Waals surface area contributed by atoms with Crippen molar-refractivity contribution in [2.24, 2.45) is 0 Å². The zero-order valence-corrected chi connectivity index (χ0v) is 14.8. The van der Waals surface area contributed by atoms with E-state index in [2.05, 4.69) is 16.3 Å². The summed E-state index contributed by atoms with van der Waals surface area (Å²) in [4.78, 5) is 18.5. The summed E-state index contributed by atoms with van der Waals surface area (Å²) in [6, 6.07) is 8.50. The Bertz CT molecular complexity index is 813. The van der Waals surface area contributed by atoms with Crippen LogP contribution in [0.5, 0.6) is 11.5 Å². The molecule has 6 heteroatoms. The molecule has 4 heterocycles. The van der Waals surface area contributed by atoms with Crippen molar-refractivity contribution >= 4 is 17.2 Å². The minimum Gasteiger partial charge on any atom is -0.454 e. The van der Waals surface area contributed by atoms with Crippen LogP contribution in [0.2, 0.25) is 0 Å². The maximum absolute atomic E-state index is 12.5. The first-order valence-corrected chi connectivity index (χ1v) is 9.60. The number of thiophene rings is 1. The summed E-state index contributed by atoms with van der Waals surface area (Å²) in [7, 11) is 0. The summed E-state index contributed by atoms with van der Waals surface area (Å²) < 4.78 is 10.7. The molecule has 130 valence electrons. The molecule has 0 radical (unpaired) electrons. The molecule has 5 rings (SSSR count). The molecule has 0 bridgehead atoms. The van der Waals surface area contributed by atoms with Crippen molar-refractivity contribution in [3.8, 4) is 11.5 Å². The Kier molecular flexibility index (Phi) is 3.68. The van der Waals surface area contributed by atoms with E-state index in [0.29, 0.717) is 12.5 Å². The standard InChI is InChI=1S/C19H20N2O3S/c22-19(8-13-1-2-16-17(7-13)24-12-23-16)21-10-15(11-21)20-5-3-18-14(9-20)4-6-25-18/h1-2,4,6-7,15H,3,5,8-12H2. The van der Waals surface area contributed by atoms with Gasteiger partial charge in [0.15, 0.2) is 11.5 Å². The van der Waals surface area contributed by atoms with Gasteiger partial charge in [0, 0.05) is 37.1 Å². The van der Waals surface area contributed by atoms with Crippen LogP contribution >= 0.6 is 11.3 Å². The molecule has 0 unspecified atom stereocenters. The number of fused-ring (bicyclic) bond motifs is 2. The number of likely N-dealkylation sites (tertiary alicyclic amines) is 1.